The van der Waals surface area contributed by atoms with Crippen molar-refractivity contribution < 1.29 is 47.6 Å². The van der Waals surface area contributed by atoms with Crippen molar-refractivity contribution in [3.8, 4) is 0 Å². The van der Waals surface area contributed by atoms with E-state index in [-0.39, 0.29) is 25.5 Å². The van der Waals surface area contributed by atoms with Crippen LogP contribution in [0.15, 0.2) is 0 Å². The SMILES string of the molecule is CCOC(=O)C(C)(C)C(C)(C)C(=O)OCC.COCOC(=O)C(C)(C)C(C)(C)C(=O)OCOC. The molecule has 0 aromatic rings. The molecule has 0 aromatic heterocycles. The van der Waals surface area contributed by atoms with E-state index in [0.717, 1.165) is 0 Å². The largest absolute Gasteiger partial charge is 0.466 e. The number of hydrogen-bond acceptors (Lipinski definition) is 10. The molecule has 0 saturated carbocycles. The Hall–Kier alpha value is -2.20. The fraction of sp³-hybridized carbons (Fsp3) is 0.833. The molecular formula is C24H44O10. The van der Waals surface area contributed by atoms with E-state index in [9.17, 15) is 19.2 Å². The Bertz CT molecular complexity index is 619. The van der Waals surface area contributed by atoms with E-state index >= 15 is 0 Å². The van der Waals surface area contributed by atoms with Crippen molar-refractivity contribution in [2.75, 3.05) is 41.0 Å². The summed E-state index contributed by atoms with van der Waals surface area (Å²) in [6.45, 7) is 17.1. The minimum atomic E-state index is -1.05. The summed E-state index contributed by atoms with van der Waals surface area (Å²) in [7, 11) is 2.83. The molecule has 34 heavy (non-hydrogen) atoms. The molecule has 0 saturated heterocycles. The van der Waals surface area contributed by atoms with Crippen LogP contribution in [0.3, 0.4) is 0 Å². The first-order valence-electron chi connectivity index (χ1n) is 11.1. The van der Waals surface area contributed by atoms with E-state index in [4.69, 9.17) is 18.9 Å². The molecule has 0 unspecified atom stereocenters. The molecule has 0 aromatic carbocycles. The Morgan fingerprint density at radius 3 is 0.853 bits per heavy atom. The van der Waals surface area contributed by atoms with Gasteiger partial charge in [-0.15, -0.1) is 0 Å². The molecule has 0 N–H and O–H groups in total. The zero-order valence-electron chi connectivity index (χ0n) is 22.9. The van der Waals surface area contributed by atoms with Crippen LogP contribution in [0.5, 0.6) is 0 Å². The molecule has 0 aliphatic rings. The Morgan fingerprint density at radius 1 is 0.471 bits per heavy atom. The van der Waals surface area contributed by atoms with E-state index in [1.54, 1.807) is 69.2 Å². The van der Waals surface area contributed by atoms with Crippen LogP contribution in [-0.4, -0.2) is 64.9 Å². The van der Waals surface area contributed by atoms with Crippen molar-refractivity contribution in [2.24, 2.45) is 21.7 Å². The number of methoxy groups -OCH3 is 2. The van der Waals surface area contributed by atoms with E-state index < -0.39 is 33.6 Å². The Labute approximate surface area is 203 Å². The first kappa shape index (κ1) is 34.0. The van der Waals surface area contributed by atoms with Gasteiger partial charge in [-0.05, 0) is 69.2 Å². The highest BCUT2D eigenvalue weighted by Gasteiger charge is 2.51. The average molecular weight is 493 g/mol. The van der Waals surface area contributed by atoms with Gasteiger partial charge in [-0.2, -0.15) is 0 Å². The molecule has 0 atom stereocenters. The molecule has 0 radical (unpaired) electrons. The summed E-state index contributed by atoms with van der Waals surface area (Å²) < 4.78 is 29.1. The van der Waals surface area contributed by atoms with E-state index in [2.05, 4.69) is 9.47 Å². The summed E-state index contributed by atoms with van der Waals surface area (Å²) in [6.07, 6.45) is 0. The molecule has 10 heteroatoms. The number of hydrogen-bond donors (Lipinski definition) is 0. The van der Waals surface area contributed by atoms with Gasteiger partial charge in [-0.3, -0.25) is 19.2 Å². The van der Waals surface area contributed by atoms with Gasteiger partial charge in [0.05, 0.1) is 34.9 Å². The average Bonchev–Trinajstić information content (AvgIpc) is 2.75. The van der Waals surface area contributed by atoms with Crippen LogP contribution in [0.25, 0.3) is 0 Å². The minimum Gasteiger partial charge on any atom is -0.466 e. The van der Waals surface area contributed by atoms with Crippen LogP contribution in [0.1, 0.15) is 69.2 Å². The lowest BCUT2D eigenvalue weighted by Gasteiger charge is -2.36. The quantitative estimate of drug-likeness (QED) is 0.227. The minimum absolute atomic E-state index is 0.147. The summed E-state index contributed by atoms with van der Waals surface area (Å²) in [5.41, 5.74) is -3.91. The second kappa shape index (κ2) is 14.3. The first-order valence-corrected chi connectivity index (χ1v) is 11.1. The Morgan fingerprint density at radius 2 is 0.676 bits per heavy atom. The van der Waals surface area contributed by atoms with Gasteiger partial charge in [0, 0.05) is 14.2 Å². The second-order valence-corrected chi connectivity index (χ2v) is 9.62. The molecule has 0 spiro atoms. The molecule has 10 nitrogen and oxygen atoms in total. The van der Waals surface area contributed by atoms with Crippen molar-refractivity contribution >= 4 is 23.9 Å². The number of ether oxygens (including phenoxy) is 6. The maximum Gasteiger partial charge on any atom is 0.314 e. The molecular weight excluding hydrogens is 448 g/mol. The summed E-state index contributed by atoms with van der Waals surface area (Å²) >= 11 is 0. The lowest BCUT2D eigenvalue weighted by Crippen LogP contribution is -2.47. The van der Waals surface area contributed by atoms with Gasteiger partial charge in [0.2, 0.25) is 0 Å². The van der Waals surface area contributed by atoms with E-state index in [1.165, 1.54) is 14.2 Å². The monoisotopic (exact) mass is 492 g/mol. The third-order valence-electron chi connectivity index (χ3n) is 6.33. The molecule has 200 valence electrons. The number of esters is 4. The van der Waals surface area contributed by atoms with Crippen molar-refractivity contribution in [1.82, 2.24) is 0 Å². The number of rotatable bonds is 12. The maximum absolute atomic E-state index is 11.9. The Kier molecular flexibility index (Phi) is 14.2. The summed E-state index contributed by atoms with van der Waals surface area (Å²) in [5, 5.41) is 0. The normalized spacial score (nSPS) is 12.1. The first-order chi connectivity index (χ1) is 15.4. The van der Waals surface area contributed by atoms with Crippen molar-refractivity contribution in [1.29, 1.82) is 0 Å². The lowest BCUT2D eigenvalue weighted by atomic mass is 9.68. The second-order valence-electron chi connectivity index (χ2n) is 9.62. The number of carbonyl (C=O) groups is 4. The maximum atomic E-state index is 11.9. The third-order valence-corrected chi connectivity index (χ3v) is 6.33. The molecule has 0 fully saturated rings. The molecule has 0 heterocycles. The molecule has 0 aliphatic heterocycles. The van der Waals surface area contributed by atoms with Crippen molar-refractivity contribution in [3.05, 3.63) is 0 Å². The predicted octanol–water partition coefficient (Wildman–Crippen LogP) is 3.50. The van der Waals surface area contributed by atoms with Gasteiger partial charge in [0.1, 0.15) is 0 Å². The van der Waals surface area contributed by atoms with Crippen LogP contribution in [0, 0.1) is 21.7 Å². The van der Waals surface area contributed by atoms with Crippen LogP contribution < -0.4 is 0 Å². The molecule has 0 rings (SSSR count). The highest BCUT2D eigenvalue weighted by Crippen LogP contribution is 2.41. The van der Waals surface area contributed by atoms with Crippen molar-refractivity contribution in [3.63, 3.8) is 0 Å². The van der Waals surface area contributed by atoms with Gasteiger partial charge in [-0.25, -0.2) is 0 Å². The predicted molar refractivity (Wildman–Crippen MR) is 124 cm³/mol. The van der Waals surface area contributed by atoms with Gasteiger partial charge in [0.25, 0.3) is 0 Å². The third kappa shape index (κ3) is 8.54. The number of carbonyl (C=O) groups excluding carboxylic acids is 4. The van der Waals surface area contributed by atoms with Gasteiger partial charge in [-0.1, -0.05) is 0 Å². The summed E-state index contributed by atoms with van der Waals surface area (Å²) in [6, 6.07) is 0. The fourth-order valence-electron chi connectivity index (χ4n) is 2.23. The highest BCUT2D eigenvalue weighted by atomic mass is 16.7. The fourth-order valence-corrected chi connectivity index (χ4v) is 2.23. The zero-order chi connectivity index (χ0) is 27.4. The summed E-state index contributed by atoms with van der Waals surface area (Å²) in [4.78, 5) is 47.4. The van der Waals surface area contributed by atoms with E-state index in [0.29, 0.717) is 13.2 Å². The van der Waals surface area contributed by atoms with Crippen molar-refractivity contribution in [2.45, 2.75) is 69.2 Å². The van der Waals surface area contributed by atoms with Gasteiger partial charge < -0.3 is 28.4 Å². The van der Waals surface area contributed by atoms with Crippen LogP contribution in [0.4, 0.5) is 0 Å². The highest BCUT2D eigenvalue weighted by molar-refractivity contribution is 5.88. The summed E-state index contributed by atoms with van der Waals surface area (Å²) in [5.74, 6) is -1.81. The topological polar surface area (TPSA) is 124 Å². The Balaban J connectivity index is 0. The van der Waals surface area contributed by atoms with Gasteiger partial charge in [0.15, 0.2) is 13.6 Å². The standard InChI is InChI=1S/C12H22O6.C12H22O4/c1-11(2,9(13)17-7-15-5)12(3,4)10(14)18-8-16-6;1-7-15-9(13)11(3,4)12(5,6)10(14)16-8-2/h7-8H2,1-6H3;7-8H2,1-6H3. The lowest BCUT2D eigenvalue weighted by molar-refractivity contribution is -0.186. The van der Waals surface area contributed by atoms with E-state index in [1.807, 2.05) is 0 Å². The molecule has 0 amide bonds. The molecule has 0 aliphatic carbocycles. The van der Waals surface area contributed by atoms with Crippen LogP contribution in [0.2, 0.25) is 0 Å². The zero-order valence-corrected chi connectivity index (χ0v) is 22.9. The van der Waals surface area contributed by atoms with Crippen LogP contribution in [-0.2, 0) is 47.6 Å². The van der Waals surface area contributed by atoms with Gasteiger partial charge >= 0.3 is 23.9 Å². The molecule has 0 bridgehead atoms. The van der Waals surface area contributed by atoms with Crippen LogP contribution >= 0.6 is 0 Å². The smallest absolute Gasteiger partial charge is 0.314 e.